The van der Waals surface area contributed by atoms with E-state index in [1.807, 2.05) is 36.4 Å². The lowest BCUT2D eigenvalue weighted by molar-refractivity contribution is 0.0942. The molecule has 1 aromatic heterocycles. The van der Waals surface area contributed by atoms with Crippen molar-refractivity contribution in [1.82, 2.24) is 20.1 Å². The summed E-state index contributed by atoms with van der Waals surface area (Å²) in [5.41, 5.74) is 4.59. The van der Waals surface area contributed by atoms with Gasteiger partial charge in [0.1, 0.15) is 0 Å². The third-order valence-corrected chi connectivity index (χ3v) is 6.58. The molecule has 0 atom stereocenters. The molecule has 0 unspecified atom stereocenters. The largest absolute Gasteiger partial charge is 0.354 e. The van der Waals surface area contributed by atoms with Gasteiger partial charge in [-0.05, 0) is 42.6 Å². The maximum absolute atomic E-state index is 13.1. The van der Waals surface area contributed by atoms with E-state index < -0.39 is 0 Å². The molecule has 0 aliphatic carbocycles. The van der Waals surface area contributed by atoms with Gasteiger partial charge in [-0.3, -0.25) is 9.69 Å². The smallest absolute Gasteiger partial charge is 0.253 e. The van der Waals surface area contributed by atoms with Gasteiger partial charge in [-0.15, -0.1) is 11.8 Å². The summed E-state index contributed by atoms with van der Waals surface area (Å²) in [5, 5.41) is 3.13. The van der Waals surface area contributed by atoms with Crippen molar-refractivity contribution in [3.05, 3.63) is 66.2 Å². The van der Waals surface area contributed by atoms with Crippen molar-refractivity contribution in [3.8, 4) is 22.5 Å². The van der Waals surface area contributed by atoms with Crippen LogP contribution in [-0.4, -0.2) is 73.3 Å². The molecule has 3 aromatic rings. The number of piperazine rings is 1. The van der Waals surface area contributed by atoms with Crippen molar-refractivity contribution in [2.75, 3.05) is 52.6 Å². The number of carbonyl (C=O) groups excluding carboxylic acids is 1. The minimum Gasteiger partial charge on any atom is -0.354 e. The maximum atomic E-state index is 13.1. The van der Waals surface area contributed by atoms with Crippen molar-refractivity contribution in [3.63, 3.8) is 0 Å². The highest BCUT2D eigenvalue weighted by Gasteiger charge is 2.18. The summed E-state index contributed by atoms with van der Waals surface area (Å²) < 4.78 is 0. The fourth-order valence-electron chi connectivity index (χ4n) is 3.89. The van der Waals surface area contributed by atoms with Gasteiger partial charge in [0, 0.05) is 49.9 Å². The molecule has 0 saturated carbocycles. The van der Waals surface area contributed by atoms with Crippen molar-refractivity contribution in [1.29, 1.82) is 0 Å². The minimum atomic E-state index is -0.0313. The van der Waals surface area contributed by atoms with E-state index in [1.165, 1.54) is 4.90 Å². The van der Waals surface area contributed by atoms with Gasteiger partial charge in [0.25, 0.3) is 5.91 Å². The Labute approximate surface area is 188 Å². The number of likely N-dealkylation sites (N-methyl/N-ethyl adjacent to an activating group) is 1. The summed E-state index contributed by atoms with van der Waals surface area (Å²) in [4.78, 5) is 22.6. The SMILES string of the molecule is CSc1ccc(-c2cc(C(=O)NCCN3CCN(C)CC3)c(-c3ccccc3)[nH]2)cc1. The second-order valence-corrected chi connectivity index (χ2v) is 8.85. The Morgan fingerprint density at radius 3 is 2.39 bits per heavy atom. The summed E-state index contributed by atoms with van der Waals surface area (Å²) in [5.74, 6) is -0.0313. The molecule has 162 valence electrons. The number of hydrogen-bond donors (Lipinski definition) is 2. The van der Waals surface area contributed by atoms with Crippen LogP contribution >= 0.6 is 11.8 Å². The van der Waals surface area contributed by atoms with Gasteiger partial charge in [0.05, 0.1) is 11.3 Å². The summed E-state index contributed by atoms with van der Waals surface area (Å²) in [6.07, 6.45) is 2.07. The highest BCUT2D eigenvalue weighted by Crippen LogP contribution is 2.30. The predicted octanol–water partition coefficient (Wildman–Crippen LogP) is 4.05. The molecule has 0 bridgehead atoms. The molecule has 1 aliphatic heterocycles. The summed E-state index contributed by atoms with van der Waals surface area (Å²) in [6, 6.07) is 20.4. The molecular formula is C25H30N4OS. The number of benzene rings is 2. The Morgan fingerprint density at radius 2 is 1.71 bits per heavy atom. The van der Waals surface area contributed by atoms with E-state index in [-0.39, 0.29) is 5.91 Å². The van der Waals surface area contributed by atoms with Gasteiger partial charge >= 0.3 is 0 Å². The minimum absolute atomic E-state index is 0.0313. The summed E-state index contributed by atoms with van der Waals surface area (Å²) in [6.45, 7) is 5.82. The first-order chi connectivity index (χ1) is 15.1. The van der Waals surface area contributed by atoms with Crippen molar-refractivity contribution < 1.29 is 4.79 Å². The molecule has 2 N–H and O–H groups in total. The topological polar surface area (TPSA) is 51.4 Å². The molecule has 5 nitrogen and oxygen atoms in total. The Bertz CT molecular complexity index is 992. The summed E-state index contributed by atoms with van der Waals surface area (Å²) >= 11 is 1.72. The van der Waals surface area contributed by atoms with Gasteiger partial charge in [-0.25, -0.2) is 0 Å². The van der Waals surface area contributed by atoms with Crippen LogP contribution in [0.2, 0.25) is 0 Å². The third-order valence-electron chi connectivity index (χ3n) is 5.84. The molecule has 2 heterocycles. The maximum Gasteiger partial charge on any atom is 0.253 e. The van der Waals surface area contributed by atoms with Crippen molar-refractivity contribution in [2.24, 2.45) is 0 Å². The fraction of sp³-hybridized carbons (Fsp3) is 0.320. The Morgan fingerprint density at radius 1 is 1.00 bits per heavy atom. The van der Waals surface area contributed by atoms with Crippen LogP contribution < -0.4 is 5.32 Å². The zero-order chi connectivity index (χ0) is 21.6. The van der Waals surface area contributed by atoms with Crippen LogP contribution in [-0.2, 0) is 0 Å². The van der Waals surface area contributed by atoms with Crippen LogP contribution in [0.3, 0.4) is 0 Å². The third kappa shape index (κ3) is 5.39. The number of carbonyl (C=O) groups is 1. The van der Waals surface area contributed by atoms with Crippen LogP contribution in [0.15, 0.2) is 65.6 Å². The number of aromatic amines is 1. The lowest BCUT2D eigenvalue weighted by Crippen LogP contribution is -2.46. The zero-order valence-corrected chi connectivity index (χ0v) is 19.0. The Balaban J connectivity index is 1.52. The fourth-order valence-corrected chi connectivity index (χ4v) is 4.29. The molecule has 31 heavy (non-hydrogen) atoms. The number of H-pyrrole nitrogens is 1. The molecule has 0 spiro atoms. The molecule has 4 rings (SSSR count). The first kappa shape index (κ1) is 21.7. The molecule has 1 aliphatic rings. The van der Waals surface area contributed by atoms with Crippen LogP contribution in [0.4, 0.5) is 0 Å². The van der Waals surface area contributed by atoms with Gasteiger partial charge in [0.2, 0.25) is 0 Å². The average Bonchev–Trinajstić information content (AvgIpc) is 3.27. The molecule has 1 amide bonds. The van der Waals surface area contributed by atoms with E-state index in [2.05, 4.69) is 57.7 Å². The van der Waals surface area contributed by atoms with Crippen LogP contribution in [0, 0.1) is 0 Å². The monoisotopic (exact) mass is 434 g/mol. The molecule has 0 radical (unpaired) electrons. The molecule has 6 heteroatoms. The number of aromatic nitrogens is 1. The number of hydrogen-bond acceptors (Lipinski definition) is 4. The second-order valence-electron chi connectivity index (χ2n) is 7.97. The molecule has 1 fully saturated rings. The quantitative estimate of drug-likeness (QED) is 0.551. The number of nitrogens with one attached hydrogen (secondary N) is 2. The van der Waals surface area contributed by atoms with Gasteiger partial charge in [0.15, 0.2) is 0 Å². The number of amides is 1. The predicted molar refractivity (Wildman–Crippen MR) is 130 cm³/mol. The standard InChI is InChI=1S/C25H30N4OS/c1-28-14-16-29(17-15-28)13-12-26-25(30)22-18-23(19-8-10-21(31-2)11-9-19)27-24(22)20-6-4-3-5-7-20/h3-11,18,27H,12-17H2,1-2H3,(H,26,30). The normalized spacial score (nSPS) is 15.2. The Hall–Kier alpha value is -2.54. The van der Waals surface area contributed by atoms with E-state index in [0.29, 0.717) is 12.1 Å². The van der Waals surface area contributed by atoms with Gasteiger partial charge in [-0.1, -0.05) is 42.5 Å². The van der Waals surface area contributed by atoms with E-state index in [1.54, 1.807) is 11.8 Å². The number of thioether (sulfide) groups is 1. The molecule has 2 aromatic carbocycles. The highest BCUT2D eigenvalue weighted by atomic mass is 32.2. The van der Waals surface area contributed by atoms with Gasteiger partial charge < -0.3 is 15.2 Å². The van der Waals surface area contributed by atoms with E-state index in [4.69, 9.17) is 0 Å². The van der Waals surface area contributed by atoms with E-state index in [9.17, 15) is 4.79 Å². The average molecular weight is 435 g/mol. The van der Waals surface area contributed by atoms with E-state index in [0.717, 1.165) is 55.2 Å². The van der Waals surface area contributed by atoms with Crippen molar-refractivity contribution >= 4 is 17.7 Å². The number of nitrogens with zero attached hydrogens (tertiary/aromatic N) is 2. The number of rotatable bonds is 7. The Kier molecular flexibility index (Phi) is 7.12. The van der Waals surface area contributed by atoms with Crippen molar-refractivity contribution in [2.45, 2.75) is 4.90 Å². The first-order valence-electron chi connectivity index (χ1n) is 10.8. The van der Waals surface area contributed by atoms with Crippen LogP contribution in [0.25, 0.3) is 22.5 Å². The molecule has 1 saturated heterocycles. The van der Waals surface area contributed by atoms with Crippen LogP contribution in [0.5, 0.6) is 0 Å². The lowest BCUT2D eigenvalue weighted by Gasteiger charge is -2.32. The van der Waals surface area contributed by atoms with E-state index >= 15 is 0 Å². The highest BCUT2D eigenvalue weighted by molar-refractivity contribution is 7.98. The second kappa shape index (κ2) is 10.2. The molecular weight excluding hydrogens is 404 g/mol. The zero-order valence-electron chi connectivity index (χ0n) is 18.2. The van der Waals surface area contributed by atoms with Crippen LogP contribution in [0.1, 0.15) is 10.4 Å². The first-order valence-corrected chi connectivity index (χ1v) is 12.0. The van der Waals surface area contributed by atoms with Gasteiger partial charge in [-0.2, -0.15) is 0 Å². The lowest BCUT2D eigenvalue weighted by atomic mass is 10.1. The summed E-state index contributed by atoms with van der Waals surface area (Å²) in [7, 11) is 2.16.